The topological polar surface area (TPSA) is 47.5 Å². The molecule has 48 valence electrons. The minimum atomic E-state index is -0.245. The van der Waals surface area contributed by atoms with Crippen molar-refractivity contribution < 1.29 is 9.69 Å². The normalized spacial score (nSPS) is 14.0. The van der Waals surface area contributed by atoms with Crippen molar-refractivity contribution in [2.75, 3.05) is 14.1 Å². The van der Waals surface area contributed by atoms with E-state index < -0.39 is 0 Å². The van der Waals surface area contributed by atoms with E-state index in [1.807, 2.05) is 14.1 Å². The average Bonchev–Trinajstić information content (AvgIpc) is 1.64. The van der Waals surface area contributed by atoms with E-state index in [0.29, 0.717) is 0 Å². The maximum Gasteiger partial charge on any atom is 0.275 e. The Hall–Kier alpha value is -0.570. The van der Waals surface area contributed by atoms with Crippen molar-refractivity contribution in [3.63, 3.8) is 0 Å². The van der Waals surface area contributed by atoms with E-state index >= 15 is 0 Å². The van der Waals surface area contributed by atoms with Crippen molar-refractivity contribution in [3.8, 4) is 0 Å². The molecule has 0 aliphatic carbocycles. The summed E-state index contributed by atoms with van der Waals surface area (Å²) in [5.41, 5.74) is 4.98. The van der Waals surface area contributed by atoms with E-state index in [-0.39, 0.29) is 11.9 Å². The number of carbonyl (C=O) groups is 1. The number of quaternary nitrogens is 1. The SMILES string of the molecule is CC(C(N)=O)[NH+](C)C. The second-order valence-corrected chi connectivity index (χ2v) is 2.20. The summed E-state index contributed by atoms with van der Waals surface area (Å²) in [5, 5.41) is 0. The van der Waals surface area contributed by atoms with E-state index in [9.17, 15) is 4.79 Å². The minimum absolute atomic E-state index is 0.0741. The zero-order chi connectivity index (χ0) is 6.73. The molecule has 3 heteroatoms. The Balaban J connectivity index is 3.64. The Bertz CT molecular complexity index is 90.4. The van der Waals surface area contributed by atoms with E-state index in [1.54, 1.807) is 6.92 Å². The molecule has 0 aromatic rings. The highest BCUT2D eigenvalue weighted by Gasteiger charge is 2.12. The van der Waals surface area contributed by atoms with Crippen LogP contribution in [0.25, 0.3) is 0 Å². The zero-order valence-corrected chi connectivity index (χ0v) is 5.56. The lowest BCUT2D eigenvalue weighted by molar-refractivity contribution is -0.873. The molecule has 0 fully saturated rings. The predicted molar refractivity (Wildman–Crippen MR) is 31.5 cm³/mol. The molecule has 3 N–H and O–H groups in total. The second kappa shape index (κ2) is 2.67. The molecule has 0 saturated carbocycles. The van der Waals surface area contributed by atoms with Crippen molar-refractivity contribution in [3.05, 3.63) is 0 Å². The van der Waals surface area contributed by atoms with E-state index in [4.69, 9.17) is 5.73 Å². The first-order valence-electron chi connectivity index (χ1n) is 2.65. The van der Waals surface area contributed by atoms with Crippen LogP contribution in [0.15, 0.2) is 0 Å². The molecule has 0 aromatic carbocycles. The van der Waals surface area contributed by atoms with Gasteiger partial charge in [0, 0.05) is 0 Å². The van der Waals surface area contributed by atoms with E-state index in [2.05, 4.69) is 0 Å². The van der Waals surface area contributed by atoms with Crippen LogP contribution in [-0.2, 0) is 4.79 Å². The standard InChI is InChI=1S/C5H12N2O/c1-4(5(6)8)7(2)3/h4H,1-3H3,(H2,6,8)/p+1. The maximum atomic E-state index is 10.3. The lowest BCUT2D eigenvalue weighted by Crippen LogP contribution is -3.11. The number of nitrogens with two attached hydrogens (primary N) is 1. The molecular formula is C5H13N2O+. The van der Waals surface area contributed by atoms with Gasteiger partial charge in [-0.3, -0.25) is 4.79 Å². The summed E-state index contributed by atoms with van der Waals surface area (Å²) in [6, 6.07) is -0.0741. The molecule has 1 atom stereocenters. The lowest BCUT2D eigenvalue weighted by atomic mass is 10.3. The van der Waals surface area contributed by atoms with E-state index in [1.165, 1.54) is 0 Å². The largest absolute Gasteiger partial charge is 0.365 e. The van der Waals surface area contributed by atoms with Gasteiger partial charge in [-0.25, -0.2) is 0 Å². The molecule has 0 aliphatic rings. The van der Waals surface area contributed by atoms with Crippen molar-refractivity contribution >= 4 is 5.91 Å². The Labute approximate surface area is 49.5 Å². The summed E-state index contributed by atoms with van der Waals surface area (Å²) in [5.74, 6) is -0.245. The summed E-state index contributed by atoms with van der Waals surface area (Å²) in [4.78, 5) is 11.4. The number of hydrogen-bond donors (Lipinski definition) is 2. The van der Waals surface area contributed by atoms with Gasteiger partial charge in [0.2, 0.25) is 0 Å². The highest BCUT2D eigenvalue weighted by molar-refractivity contribution is 5.77. The van der Waals surface area contributed by atoms with Crippen LogP contribution in [0.5, 0.6) is 0 Å². The van der Waals surface area contributed by atoms with Crippen molar-refractivity contribution in [1.82, 2.24) is 0 Å². The molecule has 0 heterocycles. The van der Waals surface area contributed by atoms with Gasteiger partial charge >= 0.3 is 0 Å². The fourth-order valence-electron chi connectivity index (χ4n) is 0.285. The summed E-state index contributed by atoms with van der Waals surface area (Å²) < 4.78 is 0. The van der Waals surface area contributed by atoms with Gasteiger partial charge in [0.25, 0.3) is 5.91 Å². The molecule has 0 bridgehead atoms. The van der Waals surface area contributed by atoms with Crippen LogP contribution in [0, 0.1) is 0 Å². The first kappa shape index (κ1) is 7.43. The van der Waals surface area contributed by atoms with Gasteiger partial charge in [-0.1, -0.05) is 0 Å². The van der Waals surface area contributed by atoms with Crippen LogP contribution in [0.2, 0.25) is 0 Å². The van der Waals surface area contributed by atoms with E-state index in [0.717, 1.165) is 4.90 Å². The number of primary amides is 1. The lowest BCUT2D eigenvalue weighted by Gasteiger charge is -2.11. The maximum absolute atomic E-state index is 10.3. The van der Waals surface area contributed by atoms with Crippen LogP contribution >= 0.6 is 0 Å². The summed E-state index contributed by atoms with van der Waals surface area (Å²) >= 11 is 0. The van der Waals surface area contributed by atoms with Crippen molar-refractivity contribution in [1.29, 1.82) is 0 Å². The highest BCUT2D eigenvalue weighted by Crippen LogP contribution is 1.65. The number of likely N-dealkylation sites (N-methyl/N-ethyl adjacent to an activating group) is 1. The molecule has 3 nitrogen and oxygen atoms in total. The van der Waals surface area contributed by atoms with Crippen molar-refractivity contribution in [2.24, 2.45) is 5.73 Å². The molecular weight excluding hydrogens is 104 g/mol. The molecule has 0 radical (unpaired) electrons. The summed E-state index contributed by atoms with van der Waals surface area (Å²) in [7, 11) is 3.80. The minimum Gasteiger partial charge on any atom is -0.365 e. The Morgan fingerprint density at radius 2 is 2.00 bits per heavy atom. The number of amides is 1. The highest BCUT2D eigenvalue weighted by atomic mass is 16.1. The third-order valence-corrected chi connectivity index (χ3v) is 1.29. The molecule has 1 amide bonds. The predicted octanol–water partition coefficient (Wildman–Crippen LogP) is -2.00. The quantitative estimate of drug-likeness (QED) is 0.432. The second-order valence-electron chi connectivity index (χ2n) is 2.20. The van der Waals surface area contributed by atoms with Gasteiger partial charge in [-0.15, -0.1) is 0 Å². The van der Waals surface area contributed by atoms with Gasteiger partial charge in [0.05, 0.1) is 14.1 Å². The smallest absolute Gasteiger partial charge is 0.275 e. The summed E-state index contributed by atoms with van der Waals surface area (Å²) in [6.45, 7) is 1.80. The Morgan fingerprint density at radius 1 is 1.62 bits per heavy atom. The Kier molecular flexibility index (Phi) is 2.48. The number of rotatable bonds is 2. The third-order valence-electron chi connectivity index (χ3n) is 1.29. The molecule has 0 aromatic heterocycles. The molecule has 1 unspecified atom stereocenters. The molecule has 0 rings (SSSR count). The first-order valence-corrected chi connectivity index (χ1v) is 2.65. The van der Waals surface area contributed by atoms with Crippen LogP contribution in [0.1, 0.15) is 6.92 Å². The van der Waals surface area contributed by atoms with Crippen LogP contribution in [-0.4, -0.2) is 26.0 Å². The summed E-state index contributed by atoms with van der Waals surface area (Å²) in [6.07, 6.45) is 0. The van der Waals surface area contributed by atoms with Gasteiger partial charge in [-0.05, 0) is 6.92 Å². The van der Waals surface area contributed by atoms with Gasteiger partial charge in [-0.2, -0.15) is 0 Å². The molecule has 0 spiro atoms. The van der Waals surface area contributed by atoms with Crippen LogP contribution in [0.3, 0.4) is 0 Å². The van der Waals surface area contributed by atoms with Crippen LogP contribution in [0.4, 0.5) is 0 Å². The average molecular weight is 117 g/mol. The fourth-order valence-corrected chi connectivity index (χ4v) is 0.285. The van der Waals surface area contributed by atoms with Gasteiger partial charge in [0.1, 0.15) is 0 Å². The number of hydrogen-bond acceptors (Lipinski definition) is 1. The Morgan fingerprint density at radius 3 is 2.00 bits per heavy atom. The van der Waals surface area contributed by atoms with Gasteiger partial charge in [0.15, 0.2) is 6.04 Å². The number of nitrogens with one attached hydrogen (secondary N) is 1. The molecule has 0 saturated heterocycles. The van der Waals surface area contributed by atoms with Gasteiger partial charge < -0.3 is 10.6 Å². The first-order chi connectivity index (χ1) is 3.55. The zero-order valence-electron chi connectivity index (χ0n) is 5.56. The fraction of sp³-hybridized carbons (Fsp3) is 0.800. The number of carbonyl (C=O) groups excluding carboxylic acids is 1. The molecule has 0 aliphatic heterocycles. The third kappa shape index (κ3) is 1.93. The molecule has 8 heavy (non-hydrogen) atoms. The monoisotopic (exact) mass is 117 g/mol. The van der Waals surface area contributed by atoms with Crippen molar-refractivity contribution in [2.45, 2.75) is 13.0 Å². The van der Waals surface area contributed by atoms with Crippen LogP contribution < -0.4 is 10.6 Å².